The van der Waals surface area contributed by atoms with Crippen LogP contribution in [0.1, 0.15) is 37.3 Å². The second-order valence-corrected chi connectivity index (χ2v) is 7.92. The van der Waals surface area contributed by atoms with E-state index in [-0.39, 0.29) is 11.9 Å². The van der Waals surface area contributed by atoms with Crippen LogP contribution in [0.5, 0.6) is 0 Å². The molecule has 1 atom stereocenters. The highest BCUT2D eigenvalue weighted by atomic mass is 35.5. The van der Waals surface area contributed by atoms with Crippen molar-refractivity contribution in [2.75, 3.05) is 7.05 Å². The van der Waals surface area contributed by atoms with Gasteiger partial charge in [-0.1, -0.05) is 28.9 Å². The lowest BCUT2D eigenvalue weighted by Crippen LogP contribution is -2.29. The van der Waals surface area contributed by atoms with Crippen LogP contribution in [0.4, 0.5) is 0 Å². The van der Waals surface area contributed by atoms with E-state index in [1.807, 2.05) is 50.4 Å². The van der Waals surface area contributed by atoms with Gasteiger partial charge in [-0.2, -0.15) is 10.1 Å². The Labute approximate surface area is 190 Å². The fraction of sp³-hybridized carbons (Fsp3) is 0.261. The van der Waals surface area contributed by atoms with Gasteiger partial charge in [-0.05, 0) is 55.3 Å². The Bertz CT molecular complexity index is 1160. The smallest absolute Gasteiger partial charge is 0.226 e. The van der Waals surface area contributed by atoms with E-state index in [4.69, 9.17) is 16.1 Å². The summed E-state index contributed by atoms with van der Waals surface area (Å²) in [5.74, 6) is 1.10. The average Bonchev–Trinajstić information content (AvgIpc) is 3.51. The summed E-state index contributed by atoms with van der Waals surface area (Å²) in [4.78, 5) is 22.8. The Morgan fingerprint density at radius 1 is 1.16 bits per heavy atom. The Morgan fingerprint density at radius 3 is 2.59 bits per heavy atom. The first-order valence-corrected chi connectivity index (χ1v) is 10.7. The molecule has 9 heteroatoms. The van der Waals surface area contributed by atoms with Crippen molar-refractivity contribution in [3.8, 4) is 17.1 Å². The lowest BCUT2D eigenvalue weighted by Gasteiger charge is -2.25. The number of carbonyl (C=O) groups excluding carboxylic acids is 1. The predicted octanol–water partition coefficient (Wildman–Crippen LogP) is 4.51. The molecule has 1 amide bonds. The van der Waals surface area contributed by atoms with Gasteiger partial charge in [0.25, 0.3) is 0 Å². The fourth-order valence-corrected chi connectivity index (χ4v) is 3.45. The molecule has 0 fully saturated rings. The Morgan fingerprint density at radius 2 is 1.91 bits per heavy atom. The Balaban J connectivity index is 1.28. The molecule has 4 rings (SSSR count). The van der Waals surface area contributed by atoms with Crippen molar-refractivity contribution >= 4 is 17.5 Å². The van der Waals surface area contributed by atoms with Gasteiger partial charge in [0.15, 0.2) is 0 Å². The average molecular weight is 451 g/mol. The quantitative estimate of drug-likeness (QED) is 0.392. The van der Waals surface area contributed by atoms with E-state index in [1.165, 1.54) is 6.33 Å². The molecule has 4 aromatic rings. The van der Waals surface area contributed by atoms with E-state index in [0.29, 0.717) is 36.0 Å². The van der Waals surface area contributed by atoms with Crippen molar-refractivity contribution in [3.63, 3.8) is 0 Å². The second kappa shape index (κ2) is 9.74. The van der Waals surface area contributed by atoms with Gasteiger partial charge >= 0.3 is 0 Å². The maximum absolute atomic E-state index is 12.7. The SMILES string of the molecule is CC(c1ccc(-n2cncn2)cc1)N(C)C(=O)CCCc1nc(-c2ccc(Cl)cc2)no1. The van der Waals surface area contributed by atoms with Gasteiger partial charge < -0.3 is 9.42 Å². The summed E-state index contributed by atoms with van der Waals surface area (Å²) in [6.45, 7) is 2.01. The van der Waals surface area contributed by atoms with Crippen LogP contribution in [0, 0.1) is 0 Å². The molecule has 0 N–H and O–H groups in total. The lowest BCUT2D eigenvalue weighted by atomic mass is 10.1. The number of halogens is 1. The third kappa shape index (κ3) is 5.03. The summed E-state index contributed by atoms with van der Waals surface area (Å²) in [6, 6.07) is 15.1. The summed E-state index contributed by atoms with van der Waals surface area (Å²) in [7, 11) is 1.82. The molecule has 0 aliphatic rings. The van der Waals surface area contributed by atoms with Crippen LogP contribution in [0.25, 0.3) is 17.1 Å². The maximum atomic E-state index is 12.7. The van der Waals surface area contributed by atoms with Crippen LogP contribution < -0.4 is 0 Å². The molecule has 32 heavy (non-hydrogen) atoms. The van der Waals surface area contributed by atoms with Crippen LogP contribution in [0.15, 0.2) is 65.7 Å². The van der Waals surface area contributed by atoms with E-state index in [0.717, 1.165) is 16.8 Å². The van der Waals surface area contributed by atoms with E-state index >= 15 is 0 Å². The summed E-state index contributed by atoms with van der Waals surface area (Å²) in [6.07, 6.45) is 4.72. The second-order valence-electron chi connectivity index (χ2n) is 7.48. The molecule has 0 spiro atoms. The third-order valence-corrected chi connectivity index (χ3v) is 5.64. The zero-order chi connectivity index (χ0) is 22.5. The summed E-state index contributed by atoms with van der Waals surface area (Å²) >= 11 is 5.91. The van der Waals surface area contributed by atoms with Crippen molar-refractivity contribution in [2.24, 2.45) is 0 Å². The number of benzene rings is 2. The molecule has 2 heterocycles. The van der Waals surface area contributed by atoms with Crippen LogP contribution >= 0.6 is 11.6 Å². The first kappa shape index (κ1) is 21.7. The van der Waals surface area contributed by atoms with Crippen LogP contribution in [-0.2, 0) is 11.2 Å². The zero-order valence-electron chi connectivity index (χ0n) is 17.8. The Hall–Kier alpha value is -3.52. The number of hydrogen-bond donors (Lipinski definition) is 0. The van der Waals surface area contributed by atoms with Crippen LogP contribution in [0.3, 0.4) is 0 Å². The van der Waals surface area contributed by atoms with Crippen LogP contribution in [0.2, 0.25) is 5.02 Å². The molecular formula is C23H23ClN6O2. The standard InChI is InChI=1S/C23H23ClN6O2/c1-16(17-8-12-20(13-9-17)30-15-25-14-26-30)29(2)22(31)5-3-4-21-27-23(28-32-21)18-6-10-19(24)11-7-18/h6-16H,3-5H2,1-2H3. The van der Waals surface area contributed by atoms with E-state index in [1.54, 1.807) is 28.0 Å². The van der Waals surface area contributed by atoms with Crippen molar-refractivity contribution in [1.29, 1.82) is 0 Å². The number of aromatic nitrogens is 5. The zero-order valence-corrected chi connectivity index (χ0v) is 18.6. The molecule has 0 radical (unpaired) electrons. The molecule has 0 saturated carbocycles. The minimum absolute atomic E-state index is 0.0489. The molecule has 8 nitrogen and oxygen atoms in total. The highest BCUT2D eigenvalue weighted by molar-refractivity contribution is 6.30. The highest BCUT2D eigenvalue weighted by Crippen LogP contribution is 2.22. The van der Waals surface area contributed by atoms with Gasteiger partial charge in [0.05, 0.1) is 11.7 Å². The predicted molar refractivity (Wildman–Crippen MR) is 120 cm³/mol. The molecule has 0 bridgehead atoms. The molecule has 1 unspecified atom stereocenters. The van der Waals surface area contributed by atoms with Crippen LogP contribution in [-0.4, -0.2) is 42.8 Å². The van der Waals surface area contributed by atoms with E-state index in [2.05, 4.69) is 20.2 Å². The highest BCUT2D eigenvalue weighted by Gasteiger charge is 2.18. The maximum Gasteiger partial charge on any atom is 0.226 e. The minimum atomic E-state index is -0.0489. The van der Waals surface area contributed by atoms with Crippen molar-refractivity contribution in [1.82, 2.24) is 29.8 Å². The third-order valence-electron chi connectivity index (χ3n) is 5.38. The summed E-state index contributed by atoms with van der Waals surface area (Å²) < 4.78 is 7.01. The molecule has 0 aliphatic heterocycles. The van der Waals surface area contributed by atoms with Crippen molar-refractivity contribution < 1.29 is 9.32 Å². The van der Waals surface area contributed by atoms with Gasteiger partial charge in [0.1, 0.15) is 12.7 Å². The number of carbonyl (C=O) groups is 1. The van der Waals surface area contributed by atoms with Gasteiger partial charge in [-0.25, -0.2) is 9.67 Å². The molecular weight excluding hydrogens is 428 g/mol. The summed E-state index contributed by atoms with van der Waals surface area (Å²) in [5.41, 5.74) is 2.81. The topological polar surface area (TPSA) is 89.9 Å². The van der Waals surface area contributed by atoms with Crippen molar-refractivity contribution in [3.05, 3.63) is 77.7 Å². The molecule has 0 aliphatic carbocycles. The number of nitrogens with zero attached hydrogens (tertiary/aromatic N) is 6. The molecule has 2 aromatic heterocycles. The number of amides is 1. The van der Waals surface area contributed by atoms with Gasteiger partial charge in [0, 0.05) is 30.5 Å². The fourth-order valence-electron chi connectivity index (χ4n) is 3.33. The molecule has 2 aromatic carbocycles. The van der Waals surface area contributed by atoms with Gasteiger partial charge in [0.2, 0.25) is 17.6 Å². The Kier molecular flexibility index (Phi) is 6.61. The monoisotopic (exact) mass is 450 g/mol. The van der Waals surface area contributed by atoms with Crippen molar-refractivity contribution in [2.45, 2.75) is 32.2 Å². The molecule has 164 valence electrons. The number of hydrogen-bond acceptors (Lipinski definition) is 6. The van der Waals surface area contributed by atoms with E-state index < -0.39 is 0 Å². The molecule has 0 saturated heterocycles. The number of rotatable bonds is 8. The van der Waals surface area contributed by atoms with Gasteiger partial charge in [-0.15, -0.1) is 0 Å². The number of aryl methyl sites for hydroxylation is 1. The van der Waals surface area contributed by atoms with Gasteiger partial charge in [-0.3, -0.25) is 4.79 Å². The first-order valence-electron chi connectivity index (χ1n) is 10.3. The minimum Gasteiger partial charge on any atom is -0.339 e. The first-order chi connectivity index (χ1) is 15.5. The largest absolute Gasteiger partial charge is 0.339 e. The summed E-state index contributed by atoms with van der Waals surface area (Å²) in [5, 5.41) is 8.78. The van der Waals surface area contributed by atoms with E-state index in [9.17, 15) is 4.79 Å². The lowest BCUT2D eigenvalue weighted by molar-refractivity contribution is -0.131. The normalized spacial score (nSPS) is 12.0.